The summed E-state index contributed by atoms with van der Waals surface area (Å²) in [6, 6.07) is 18.5. The molecule has 1 saturated heterocycles. The summed E-state index contributed by atoms with van der Waals surface area (Å²) in [7, 11) is 0. The number of hydrogen-bond donors (Lipinski definition) is 3. The molecule has 0 radical (unpaired) electrons. The molecule has 176 valence electrons. The second-order valence-corrected chi connectivity index (χ2v) is 9.38. The molecule has 3 N–H and O–H groups in total. The summed E-state index contributed by atoms with van der Waals surface area (Å²) in [6.45, 7) is -1.42. The zero-order chi connectivity index (χ0) is 24.4. The quantitative estimate of drug-likeness (QED) is 0.183. The number of thiophene rings is 1. The van der Waals surface area contributed by atoms with Gasteiger partial charge in [0.2, 0.25) is 5.13 Å². The minimum atomic E-state index is -0.769. The van der Waals surface area contributed by atoms with Gasteiger partial charge in [0.15, 0.2) is 0 Å². The Kier molecular flexibility index (Phi) is 6.33. The zero-order valence-electron chi connectivity index (χ0n) is 18.0. The lowest BCUT2D eigenvalue weighted by molar-refractivity contribution is -0.125. The van der Waals surface area contributed by atoms with Crippen LogP contribution in [0.15, 0.2) is 76.6 Å². The van der Waals surface area contributed by atoms with E-state index in [0.29, 0.717) is 25.4 Å². The summed E-state index contributed by atoms with van der Waals surface area (Å²) in [5.74, 6) is -0.671. The minimum absolute atomic E-state index is 0.00874. The number of amides is 3. The van der Waals surface area contributed by atoms with Crippen LogP contribution in [0.3, 0.4) is 0 Å². The highest BCUT2D eigenvalue weighted by Crippen LogP contribution is 2.36. The molecule has 5 rings (SSSR count). The fourth-order valence-electron chi connectivity index (χ4n) is 3.38. The number of thiazole rings is 1. The predicted octanol–water partition coefficient (Wildman–Crippen LogP) is 5.02. The lowest BCUT2D eigenvalue weighted by Crippen LogP contribution is -2.33. The van der Waals surface area contributed by atoms with Crippen LogP contribution in [0.25, 0.3) is 15.6 Å². The zero-order valence-corrected chi connectivity index (χ0v) is 19.7. The molecule has 2 aromatic carbocycles. The summed E-state index contributed by atoms with van der Waals surface area (Å²) in [5, 5.41) is 31.0. The Balaban J connectivity index is 1.29. The molecule has 0 saturated carbocycles. The molecule has 10 nitrogen and oxygen atoms in total. The fraction of sp³-hybridized carbons (Fsp3) is 0.0870. The SMILES string of the molecule is O=C1/C(=C\c2cc3sc(/N=N/c4ccc(Nc5ccccc5)cc4)nc3s2)N(CO)C(=O)N1CO. The normalized spacial score (nSPS) is 15.3. The number of rotatable bonds is 7. The third-order valence-corrected chi connectivity index (χ3v) is 7.05. The number of aromatic nitrogens is 1. The lowest BCUT2D eigenvalue weighted by Gasteiger charge is -2.11. The van der Waals surface area contributed by atoms with Crippen molar-refractivity contribution in [2.75, 3.05) is 18.8 Å². The van der Waals surface area contributed by atoms with Crippen molar-refractivity contribution in [2.45, 2.75) is 0 Å². The van der Waals surface area contributed by atoms with Crippen LogP contribution in [0, 0.1) is 0 Å². The summed E-state index contributed by atoms with van der Waals surface area (Å²) in [5.41, 5.74) is 2.62. The van der Waals surface area contributed by atoms with Gasteiger partial charge in [-0.15, -0.1) is 21.6 Å². The standard InChI is InChI=1S/C23H18N6O4S2/c30-12-28-18(21(32)29(13-31)23(28)33)10-17-11-19-20(34-17)25-22(35-19)27-26-16-8-6-15(7-9-16)24-14-4-2-1-3-5-14/h1-11,24,30-31H,12-13H2/b18-10+,27-26+. The van der Waals surface area contributed by atoms with E-state index in [1.165, 1.54) is 28.7 Å². The third-order valence-electron chi connectivity index (χ3n) is 5.06. The summed E-state index contributed by atoms with van der Waals surface area (Å²) in [6.07, 6.45) is 1.50. The first kappa shape index (κ1) is 22.8. The highest BCUT2D eigenvalue weighted by Gasteiger charge is 2.40. The van der Waals surface area contributed by atoms with Crippen molar-refractivity contribution in [3.05, 3.63) is 71.2 Å². The summed E-state index contributed by atoms with van der Waals surface area (Å²) in [4.78, 5) is 31.8. The maximum Gasteiger partial charge on any atom is 0.335 e. The number of para-hydroxylation sites is 1. The number of carbonyl (C=O) groups excluding carboxylic acids is 2. The topological polar surface area (TPSA) is 131 Å². The molecular formula is C23H18N6O4S2. The molecule has 0 spiro atoms. The van der Waals surface area contributed by atoms with Gasteiger partial charge in [-0.25, -0.2) is 14.7 Å². The Bertz CT molecular complexity index is 1410. The first-order chi connectivity index (χ1) is 17.1. The average molecular weight is 507 g/mol. The Hall–Kier alpha value is -3.97. The van der Waals surface area contributed by atoms with E-state index in [0.717, 1.165) is 21.0 Å². The first-order valence-corrected chi connectivity index (χ1v) is 12.0. The van der Waals surface area contributed by atoms with Gasteiger partial charge in [-0.3, -0.25) is 9.69 Å². The van der Waals surface area contributed by atoms with Gasteiger partial charge >= 0.3 is 6.03 Å². The molecule has 0 bridgehead atoms. The van der Waals surface area contributed by atoms with Crippen molar-refractivity contribution in [1.29, 1.82) is 0 Å². The second kappa shape index (κ2) is 9.72. The molecular weight excluding hydrogens is 488 g/mol. The third kappa shape index (κ3) is 4.68. The fourth-order valence-corrected chi connectivity index (χ4v) is 5.36. The van der Waals surface area contributed by atoms with Crippen molar-refractivity contribution in [3.8, 4) is 0 Å². The minimum Gasteiger partial charge on any atom is -0.376 e. The van der Waals surface area contributed by atoms with E-state index >= 15 is 0 Å². The van der Waals surface area contributed by atoms with Crippen LogP contribution >= 0.6 is 22.7 Å². The van der Waals surface area contributed by atoms with Gasteiger partial charge in [0.05, 0.1) is 10.4 Å². The molecule has 4 aromatic rings. The van der Waals surface area contributed by atoms with Crippen molar-refractivity contribution in [3.63, 3.8) is 0 Å². The van der Waals surface area contributed by atoms with E-state index in [9.17, 15) is 19.8 Å². The monoisotopic (exact) mass is 506 g/mol. The second-order valence-electron chi connectivity index (χ2n) is 7.31. The lowest BCUT2D eigenvalue weighted by atomic mass is 10.2. The van der Waals surface area contributed by atoms with Gasteiger partial charge in [0.1, 0.15) is 24.0 Å². The van der Waals surface area contributed by atoms with Crippen molar-refractivity contribution in [2.24, 2.45) is 10.2 Å². The average Bonchev–Trinajstić information content (AvgIpc) is 3.49. The smallest absolute Gasteiger partial charge is 0.335 e. The predicted molar refractivity (Wildman–Crippen MR) is 134 cm³/mol. The Morgan fingerprint density at radius 3 is 2.31 bits per heavy atom. The number of aliphatic hydroxyl groups is 2. The van der Waals surface area contributed by atoms with Crippen LogP contribution in [-0.2, 0) is 4.79 Å². The van der Waals surface area contributed by atoms with E-state index in [4.69, 9.17) is 0 Å². The Labute approximate surface area is 207 Å². The molecule has 1 aliphatic heterocycles. The number of nitrogens with one attached hydrogen (secondary N) is 1. The number of hydrogen-bond acceptors (Lipinski definition) is 10. The molecule has 3 amide bonds. The first-order valence-electron chi connectivity index (χ1n) is 10.4. The summed E-state index contributed by atoms with van der Waals surface area (Å²) >= 11 is 2.66. The van der Waals surface area contributed by atoms with E-state index in [1.54, 1.807) is 0 Å². The van der Waals surface area contributed by atoms with Gasteiger partial charge < -0.3 is 15.5 Å². The van der Waals surface area contributed by atoms with Gasteiger partial charge in [-0.2, -0.15) is 0 Å². The van der Waals surface area contributed by atoms with Crippen LogP contribution in [0.4, 0.5) is 27.0 Å². The van der Waals surface area contributed by atoms with Crippen LogP contribution in [0.5, 0.6) is 0 Å². The van der Waals surface area contributed by atoms with E-state index < -0.39 is 25.4 Å². The highest BCUT2D eigenvalue weighted by molar-refractivity contribution is 7.29. The Morgan fingerprint density at radius 1 is 0.914 bits per heavy atom. The van der Waals surface area contributed by atoms with Crippen molar-refractivity contribution in [1.82, 2.24) is 14.8 Å². The number of benzene rings is 2. The highest BCUT2D eigenvalue weighted by atomic mass is 32.1. The van der Waals surface area contributed by atoms with Crippen molar-refractivity contribution >= 4 is 72.4 Å². The van der Waals surface area contributed by atoms with Gasteiger partial charge in [0, 0.05) is 16.3 Å². The number of anilines is 2. The molecule has 35 heavy (non-hydrogen) atoms. The van der Waals surface area contributed by atoms with E-state index in [1.807, 2.05) is 60.7 Å². The Morgan fingerprint density at radius 2 is 1.63 bits per heavy atom. The van der Waals surface area contributed by atoms with Crippen LogP contribution < -0.4 is 5.32 Å². The molecule has 1 fully saturated rings. The molecule has 0 unspecified atom stereocenters. The van der Waals surface area contributed by atoms with Crippen LogP contribution in [0.2, 0.25) is 0 Å². The number of azo groups is 1. The van der Waals surface area contributed by atoms with E-state index in [-0.39, 0.29) is 5.70 Å². The molecule has 1 aliphatic rings. The van der Waals surface area contributed by atoms with Gasteiger partial charge in [-0.1, -0.05) is 29.5 Å². The summed E-state index contributed by atoms with van der Waals surface area (Å²) < 4.78 is 0.851. The molecule has 0 atom stereocenters. The number of fused-ring (bicyclic) bond motifs is 1. The van der Waals surface area contributed by atoms with Gasteiger partial charge in [-0.05, 0) is 48.5 Å². The van der Waals surface area contributed by atoms with Gasteiger partial charge in [0.25, 0.3) is 5.91 Å². The number of nitrogens with zero attached hydrogens (tertiary/aromatic N) is 5. The number of carbonyl (C=O) groups is 2. The van der Waals surface area contributed by atoms with Crippen LogP contribution in [0.1, 0.15) is 4.88 Å². The van der Waals surface area contributed by atoms with Crippen LogP contribution in [-0.4, -0.2) is 50.4 Å². The molecule has 12 heteroatoms. The maximum absolute atomic E-state index is 12.3. The van der Waals surface area contributed by atoms with Crippen molar-refractivity contribution < 1.29 is 19.8 Å². The largest absolute Gasteiger partial charge is 0.376 e. The van der Waals surface area contributed by atoms with E-state index in [2.05, 4.69) is 20.5 Å². The number of urea groups is 1. The molecule has 3 heterocycles. The number of aliphatic hydroxyl groups excluding tert-OH is 2. The number of imide groups is 1. The molecule has 2 aromatic heterocycles. The maximum atomic E-state index is 12.3. The molecule has 0 aliphatic carbocycles.